The molecule has 0 aliphatic rings. The molecule has 0 aliphatic carbocycles. The third-order valence-electron chi connectivity index (χ3n) is 2.13. The molecule has 0 atom stereocenters. The van der Waals surface area contributed by atoms with Gasteiger partial charge in [0.2, 0.25) is 0 Å². The lowest BCUT2D eigenvalue weighted by molar-refractivity contribution is -0.140. The van der Waals surface area contributed by atoms with Crippen LogP contribution in [0.5, 0.6) is 0 Å². The Labute approximate surface area is 82.7 Å². The molecule has 13 heavy (non-hydrogen) atoms. The molecule has 0 heterocycles. The standard InChI is InChI=1S/C6H13O5P.ClH/c1-3-6(4-2,5(7)8)12(9,10)11;/h3-4H2,1-2H3,(H,7,8)(H2,9,10,11);1H. The quantitative estimate of drug-likeness (QED) is 0.634. The summed E-state index contributed by atoms with van der Waals surface area (Å²) in [4.78, 5) is 28.3. The molecule has 0 bridgehead atoms. The topological polar surface area (TPSA) is 94.8 Å². The molecule has 0 fully saturated rings. The molecule has 0 aromatic rings. The van der Waals surface area contributed by atoms with Crippen LogP contribution < -0.4 is 0 Å². The van der Waals surface area contributed by atoms with Crippen LogP contribution in [0.1, 0.15) is 26.7 Å². The van der Waals surface area contributed by atoms with E-state index in [-0.39, 0.29) is 25.2 Å². The maximum Gasteiger partial charge on any atom is 0.342 e. The fourth-order valence-electron chi connectivity index (χ4n) is 1.09. The summed E-state index contributed by atoms with van der Waals surface area (Å²) in [5, 5.41) is 6.77. The van der Waals surface area contributed by atoms with E-state index in [9.17, 15) is 9.36 Å². The van der Waals surface area contributed by atoms with Gasteiger partial charge in [-0.3, -0.25) is 9.36 Å². The highest BCUT2D eigenvalue weighted by Crippen LogP contribution is 2.54. The maximum absolute atomic E-state index is 10.9. The zero-order valence-corrected chi connectivity index (χ0v) is 9.14. The smallest absolute Gasteiger partial charge is 0.342 e. The number of halogens is 1. The number of hydrogen-bond acceptors (Lipinski definition) is 2. The van der Waals surface area contributed by atoms with Gasteiger partial charge in [-0.05, 0) is 12.8 Å². The van der Waals surface area contributed by atoms with Gasteiger partial charge in [0.1, 0.15) is 0 Å². The fourth-order valence-corrected chi connectivity index (χ4v) is 2.16. The van der Waals surface area contributed by atoms with Crippen molar-refractivity contribution >= 4 is 26.0 Å². The van der Waals surface area contributed by atoms with Gasteiger partial charge in [0.25, 0.3) is 0 Å². The van der Waals surface area contributed by atoms with Gasteiger partial charge in [-0.25, -0.2) is 0 Å². The van der Waals surface area contributed by atoms with E-state index in [4.69, 9.17) is 14.9 Å². The number of rotatable bonds is 4. The van der Waals surface area contributed by atoms with E-state index < -0.39 is 18.7 Å². The molecular formula is C6H14ClO5P. The summed E-state index contributed by atoms with van der Waals surface area (Å²) in [7, 11) is -4.56. The molecule has 0 unspecified atom stereocenters. The zero-order chi connectivity index (χ0) is 9.99. The van der Waals surface area contributed by atoms with E-state index in [1.165, 1.54) is 13.8 Å². The summed E-state index contributed by atoms with van der Waals surface area (Å²) >= 11 is 0. The Balaban J connectivity index is 0. The number of carboxylic acid groups (broad SMARTS) is 1. The van der Waals surface area contributed by atoms with Gasteiger partial charge in [-0.1, -0.05) is 13.8 Å². The van der Waals surface area contributed by atoms with Crippen molar-refractivity contribution in [1.29, 1.82) is 0 Å². The van der Waals surface area contributed by atoms with Crippen molar-refractivity contribution in [2.45, 2.75) is 31.8 Å². The van der Waals surface area contributed by atoms with E-state index in [1.54, 1.807) is 0 Å². The van der Waals surface area contributed by atoms with Crippen molar-refractivity contribution in [2.75, 3.05) is 0 Å². The predicted octanol–water partition coefficient (Wildman–Crippen LogP) is 1.23. The summed E-state index contributed by atoms with van der Waals surface area (Å²) in [6.45, 7) is 2.91. The summed E-state index contributed by atoms with van der Waals surface area (Å²) in [6, 6.07) is 0. The number of carboxylic acids is 1. The third kappa shape index (κ3) is 2.68. The van der Waals surface area contributed by atoms with E-state index in [0.717, 1.165) is 0 Å². The Kier molecular flexibility index (Phi) is 5.87. The molecule has 0 aromatic carbocycles. The molecule has 0 aromatic heterocycles. The lowest BCUT2D eigenvalue weighted by atomic mass is 10.0. The highest BCUT2D eigenvalue weighted by atomic mass is 35.5. The van der Waals surface area contributed by atoms with Gasteiger partial charge in [0.05, 0.1) is 0 Å². The Morgan fingerprint density at radius 2 is 1.62 bits per heavy atom. The summed E-state index contributed by atoms with van der Waals surface area (Å²) < 4.78 is 10.9. The molecule has 0 spiro atoms. The Hall–Kier alpha value is -0.0900. The number of hydrogen-bond donors (Lipinski definition) is 3. The minimum absolute atomic E-state index is 0. The average Bonchev–Trinajstić information content (AvgIpc) is 1.87. The van der Waals surface area contributed by atoms with Crippen molar-refractivity contribution in [1.82, 2.24) is 0 Å². The molecule has 0 aliphatic heterocycles. The van der Waals surface area contributed by atoms with Crippen molar-refractivity contribution < 1.29 is 24.3 Å². The van der Waals surface area contributed by atoms with Crippen molar-refractivity contribution in [3.63, 3.8) is 0 Å². The first-order chi connectivity index (χ1) is 5.31. The van der Waals surface area contributed by atoms with E-state index in [0.29, 0.717) is 0 Å². The minimum Gasteiger partial charge on any atom is -0.480 e. The lowest BCUT2D eigenvalue weighted by Crippen LogP contribution is -2.36. The SMILES string of the molecule is CCC(CC)(C(=O)O)P(=O)(O)O.Cl. The molecule has 7 heteroatoms. The van der Waals surface area contributed by atoms with Crippen LogP contribution in [-0.2, 0) is 9.36 Å². The van der Waals surface area contributed by atoms with Gasteiger partial charge in [0.15, 0.2) is 5.16 Å². The average molecular weight is 233 g/mol. The first-order valence-electron chi connectivity index (χ1n) is 3.61. The molecule has 0 radical (unpaired) electrons. The highest BCUT2D eigenvalue weighted by Gasteiger charge is 2.50. The second-order valence-electron chi connectivity index (χ2n) is 2.59. The molecule has 0 saturated heterocycles. The number of aliphatic carboxylic acids is 1. The van der Waals surface area contributed by atoms with Gasteiger partial charge in [0, 0.05) is 0 Å². The maximum atomic E-state index is 10.9. The van der Waals surface area contributed by atoms with E-state index in [1.807, 2.05) is 0 Å². The lowest BCUT2D eigenvalue weighted by Gasteiger charge is -2.26. The zero-order valence-electron chi connectivity index (χ0n) is 7.43. The number of carbonyl (C=O) groups is 1. The first kappa shape index (κ1) is 15.4. The monoisotopic (exact) mass is 232 g/mol. The molecule has 80 valence electrons. The largest absolute Gasteiger partial charge is 0.480 e. The Morgan fingerprint density at radius 3 is 1.62 bits per heavy atom. The summed E-state index contributed by atoms with van der Waals surface area (Å²) in [6.07, 6.45) is -0.133. The van der Waals surface area contributed by atoms with Crippen LogP contribution >= 0.6 is 20.0 Å². The van der Waals surface area contributed by atoms with Crippen LogP contribution in [0.3, 0.4) is 0 Å². The molecule has 0 amide bonds. The van der Waals surface area contributed by atoms with Crippen LogP contribution in [0.15, 0.2) is 0 Å². The van der Waals surface area contributed by atoms with Crippen LogP contribution in [0.25, 0.3) is 0 Å². The molecule has 0 saturated carbocycles. The molecular weight excluding hydrogens is 218 g/mol. The van der Waals surface area contributed by atoms with Crippen LogP contribution in [0.4, 0.5) is 0 Å². The van der Waals surface area contributed by atoms with E-state index in [2.05, 4.69) is 0 Å². The van der Waals surface area contributed by atoms with Gasteiger partial charge in [-0.2, -0.15) is 0 Å². The van der Waals surface area contributed by atoms with Crippen LogP contribution in [0, 0.1) is 0 Å². The second kappa shape index (κ2) is 4.96. The fraction of sp³-hybridized carbons (Fsp3) is 0.833. The normalized spacial score (nSPS) is 12.0. The van der Waals surface area contributed by atoms with Crippen LogP contribution in [0.2, 0.25) is 0 Å². The summed E-state index contributed by atoms with van der Waals surface area (Å²) in [5.41, 5.74) is 0. The highest BCUT2D eigenvalue weighted by molar-refractivity contribution is 7.54. The van der Waals surface area contributed by atoms with Gasteiger partial charge < -0.3 is 14.9 Å². The van der Waals surface area contributed by atoms with Crippen molar-refractivity contribution in [3.8, 4) is 0 Å². The molecule has 0 rings (SSSR count). The molecule has 5 nitrogen and oxygen atoms in total. The molecule has 3 N–H and O–H groups in total. The second-order valence-corrected chi connectivity index (χ2v) is 4.53. The Morgan fingerprint density at radius 1 is 1.31 bits per heavy atom. The first-order valence-corrected chi connectivity index (χ1v) is 5.22. The van der Waals surface area contributed by atoms with Gasteiger partial charge in [-0.15, -0.1) is 12.4 Å². The predicted molar refractivity (Wildman–Crippen MR) is 50.2 cm³/mol. The van der Waals surface area contributed by atoms with Crippen LogP contribution in [-0.4, -0.2) is 26.0 Å². The van der Waals surface area contributed by atoms with Crippen molar-refractivity contribution in [3.05, 3.63) is 0 Å². The van der Waals surface area contributed by atoms with Gasteiger partial charge >= 0.3 is 13.6 Å². The summed E-state index contributed by atoms with van der Waals surface area (Å²) in [5.74, 6) is -1.43. The third-order valence-corrected chi connectivity index (χ3v) is 4.06. The Bertz CT molecular complexity index is 219. The van der Waals surface area contributed by atoms with E-state index >= 15 is 0 Å². The minimum atomic E-state index is -4.56. The van der Waals surface area contributed by atoms with Crippen molar-refractivity contribution in [2.24, 2.45) is 0 Å².